The molecule has 1 aromatic rings. The Balaban J connectivity index is 1.87. The van der Waals surface area contributed by atoms with Crippen molar-refractivity contribution in [3.8, 4) is 0 Å². The Morgan fingerprint density at radius 3 is 2.65 bits per heavy atom. The number of hydrogen-bond acceptors (Lipinski definition) is 2. The summed E-state index contributed by atoms with van der Waals surface area (Å²) in [7, 11) is 0. The molecule has 4 nitrogen and oxygen atoms in total. The highest BCUT2D eigenvalue weighted by atomic mass is 16.2. The molecule has 0 spiro atoms. The van der Waals surface area contributed by atoms with Crippen LogP contribution < -0.4 is 5.32 Å². The van der Waals surface area contributed by atoms with Crippen molar-refractivity contribution in [1.82, 2.24) is 15.1 Å². The molecule has 1 aliphatic rings. The largest absolute Gasteiger partial charge is 0.352 e. The number of rotatable bonds is 3. The van der Waals surface area contributed by atoms with Crippen LogP contribution in [-0.4, -0.2) is 21.7 Å². The quantitative estimate of drug-likeness (QED) is 0.817. The van der Waals surface area contributed by atoms with E-state index in [-0.39, 0.29) is 11.9 Å². The van der Waals surface area contributed by atoms with Crippen LogP contribution in [0.3, 0.4) is 0 Å². The van der Waals surface area contributed by atoms with E-state index in [4.69, 9.17) is 0 Å². The highest BCUT2D eigenvalue weighted by Gasteiger charge is 2.19. The zero-order chi connectivity index (χ0) is 12.1. The number of carbonyl (C=O) groups is 1. The maximum atomic E-state index is 12.0. The lowest BCUT2D eigenvalue weighted by atomic mass is 10.1. The normalized spacial score (nSPS) is 19.6. The predicted octanol–water partition coefficient (Wildman–Crippen LogP) is 2.28. The molecule has 1 amide bonds. The fourth-order valence-electron chi connectivity index (χ4n) is 2.38. The maximum Gasteiger partial charge on any atom is 0.244 e. The predicted molar refractivity (Wildman–Crippen MR) is 66.6 cm³/mol. The molecule has 0 aliphatic heterocycles. The van der Waals surface area contributed by atoms with Gasteiger partial charge in [-0.15, -0.1) is 0 Å². The van der Waals surface area contributed by atoms with Crippen LogP contribution >= 0.6 is 0 Å². The van der Waals surface area contributed by atoms with Gasteiger partial charge in [0.15, 0.2) is 0 Å². The van der Waals surface area contributed by atoms with Gasteiger partial charge in [0.25, 0.3) is 0 Å². The van der Waals surface area contributed by atoms with Gasteiger partial charge in [-0.1, -0.05) is 25.7 Å². The molecular weight excluding hydrogens is 214 g/mol. The van der Waals surface area contributed by atoms with E-state index in [1.165, 1.54) is 25.7 Å². The molecule has 94 valence electrons. The van der Waals surface area contributed by atoms with Crippen molar-refractivity contribution in [2.75, 3.05) is 0 Å². The van der Waals surface area contributed by atoms with Crippen molar-refractivity contribution < 1.29 is 4.79 Å². The molecule has 1 saturated carbocycles. The lowest BCUT2D eigenvalue weighted by molar-refractivity contribution is -0.124. The Morgan fingerprint density at radius 1 is 1.35 bits per heavy atom. The summed E-state index contributed by atoms with van der Waals surface area (Å²) in [5, 5.41) is 7.25. The molecule has 1 aliphatic carbocycles. The third-order valence-corrected chi connectivity index (χ3v) is 3.50. The highest BCUT2D eigenvalue weighted by molar-refractivity contribution is 5.80. The van der Waals surface area contributed by atoms with Crippen LogP contribution in [0.2, 0.25) is 0 Å². The van der Waals surface area contributed by atoms with Crippen molar-refractivity contribution in [2.24, 2.45) is 0 Å². The molecule has 1 unspecified atom stereocenters. The van der Waals surface area contributed by atoms with Gasteiger partial charge in [-0.25, -0.2) is 0 Å². The fourth-order valence-corrected chi connectivity index (χ4v) is 2.38. The van der Waals surface area contributed by atoms with Crippen molar-refractivity contribution >= 4 is 5.91 Å². The first kappa shape index (κ1) is 12.1. The first-order valence-corrected chi connectivity index (χ1v) is 6.57. The van der Waals surface area contributed by atoms with Crippen LogP contribution in [0.25, 0.3) is 0 Å². The second-order valence-corrected chi connectivity index (χ2v) is 4.86. The van der Waals surface area contributed by atoms with E-state index in [1.807, 2.05) is 19.2 Å². The summed E-state index contributed by atoms with van der Waals surface area (Å²) < 4.78 is 1.70. The molecule has 1 atom stereocenters. The smallest absolute Gasteiger partial charge is 0.244 e. The average Bonchev–Trinajstić information content (AvgIpc) is 2.74. The number of nitrogens with zero attached hydrogens (tertiary/aromatic N) is 2. The van der Waals surface area contributed by atoms with Crippen LogP contribution in [0.15, 0.2) is 18.5 Å². The van der Waals surface area contributed by atoms with E-state index in [9.17, 15) is 4.79 Å². The SMILES string of the molecule is CC(C(=O)NC1CCCCCC1)n1cccn1. The summed E-state index contributed by atoms with van der Waals surface area (Å²) in [4.78, 5) is 12.0. The van der Waals surface area contributed by atoms with Crippen molar-refractivity contribution in [2.45, 2.75) is 57.5 Å². The number of nitrogens with one attached hydrogen (secondary N) is 1. The maximum absolute atomic E-state index is 12.0. The van der Waals surface area contributed by atoms with Crippen LogP contribution in [0.4, 0.5) is 0 Å². The van der Waals surface area contributed by atoms with Gasteiger partial charge in [0.2, 0.25) is 5.91 Å². The van der Waals surface area contributed by atoms with Gasteiger partial charge in [0, 0.05) is 18.4 Å². The lowest BCUT2D eigenvalue weighted by Crippen LogP contribution is -2.38. The Morgan fingerprint density at radius 2 is 2.06 bits per heavy atom. The Hall–Kier alpha value is -1.32. The molecule has 1 aromatic heterocycles. The minimum Gasteiger partial charge on any atom is -0.352 e. The third kappa shape index (κ3) is 3.32. The number of carbonyl (C=O) groups excluding carboxylic acids is 1. The molecule has 1 N–H and O–H groups in total. The first-order valence-electron chi connectivity index (χ1n) is 6.57. The van der Waals surface area contributed by atoms with Gasteiger partial charge in [0.05, 0.1) is 0 Å². The number of amides is 1. The Labute approximate surface area is 102 Å². The zero-order valence-corrected chi connectivity index (χ0v) is 10.4. The molecule has 17 heavy (non-hydrogen) atoms. The lowest BCUT2D eigenvalue weighted by Gasteiger charge is -2.19. The topological polar surface area (TPSA) is 46.9 Å². The van der Waals surface area contributed by atoms with Gasteiger partial charge in [-0.05, 0) is 25.8 Å². The van der Waals surface area contributed by atoms with Crippen LogP contribution in [0, 0.1) is 0 Å². The van der Waals surface area contributed by atoms with E-state index >= 15 is 0 Å². The van der Waals surface area contributed by atoms with Gasteiger partial charge in [-0.2, -0.15) is 5.10 Å². The van der Waals surface area contributed by atoms with E-state index < -0.39 is 0 Å². The van der Waals surface area contributed by atoms with E-state index in [0.29, 0.717) is 6.04 Å². The van der Waals surface area contributed by atoms with E-state index in [2.05, 4.69) is 10.4 Å². The molecule has 0 saturated heterocycles. The van der Waals surface area contributed by atoms with Crippen LogP contribution in [0.1, 0.15) is 51.5 Å². The van der Waals surface area contributed by atoms with Crippen molar-refractivity contribution in [3.63, 3.8) is 0 Å². The molecule has 2 rings (SSSR count). The van der Waals surface area contributed by atoms with Crippen molar-refractivity contribution in [1.29, 1.82) is 0 Å². The summed E-state index contributed by atoms with van der Waals surface area (Å²) in [6, 6.07) is 1.99. The van der Waals surface area contributed by atoms with Crippen LogP contribution in [0.5, 0.6) is 0 Å². The molecule has 0 radical (unpaired) electrons. The first-order chi connectivity index (χ1) is 8.27. The zero-order valence-electron chi connectivity index (χ0n) is 10.4. The number of aromatic nitrogens is 2. The summed E-state index contributed by atoms with van der Waals surface area (Å²) in [5.41, 5.74) is 0. The van der Waals surface area contributed by atoms with E-state index in [1.54, 1.807) is 10.9 Å². The van der Waals surface area contributed by atoms with Gasteiger partial charge in [-0.3, -0.25) is 9.48 Å². The van der Waals surface area contributed by atoms with Gasteiger partial charge < -0.3 is 5.32 Å². The standard InChI is InChI=1S/C13H21N3O/c1-11(16-10-6-9-14-16)13(17)15-12-7-4-2-3-5-8-12/h6,9-12H,2-5,7-8H2,1H3,(H,15,17). The summed E-state index contributed by atoms with van der Waals surface area (Å²) in [6.07, 6.45) is 10.9. The minimum absolute atomic E-state index is 0.0839. The van der Waals surface area contributed by atoms with Gasteiger partial charge >= 0.3 is 0 Å². The molecule has 1 heterocycles. The third-order valence-electron chi connectivity index (χ3n) is 3.50. The molecule has 0 aromatic carbocycles. The van der Waals surface area contributed by atoms with E-state index in [0.717, 1.165) is 12.8 Å². The van der Waals surface area contributed by atoms with Crippen molar-refractivity contribution in [3.05, 3.63) is 18.5 Å². The fraction of sp³-hybridized carbons (Fsp3) is 0.692. The molecule has 0 bridgehead atoms. The second-order valence-electron chi connectivity index (χ2n) is 4.86. The number of hydrogen-bond donors (Lipinski definition) is 1. The highest BCUT2D eigenvalue weighted by Crippen LogP contribution is 2.17. The Bertz CT molecular complexity index is 340. The Kier molecular flexibility index (Phi) is 4.18. The molecule has 4 heteroatoms. The average molecular weight is 235 g/mol. The summed E-state index contributed by atoms with van der Waals surface area (Å²) in [5.74, 6) is 0.0839. The summed E-state index contributed by atoms with van der Waals surface area (Å²) >= 11 is 0. The summed E-state index contributed by atoms with van der Waals surface area (Å²) in [6.45, 7) is 1.89. The van der Waals surface area contributed by atoms with Crippen LogP contribution in [-0.2, 0) is 4.79 Å². The minimum atomic E-state index is -0.215. The van der Waals surface area contributed by atoms with Gasteiger partial charge in [0.1, 0.15) is 6.04 Å². The molecular formula is C13H21N3O. The molecule has 1 fully saturated rings. The monoisotopic (exact) mass is 235 g/mol. The second kappa shape index (κ2) is 5.84.